The van der Waals surface area contributed by atoms with Gasteiger partial charge in [-0.15, -0.1) is 0 Å². The molecule has 2 atom stereocenters. The summed E-state index contributed by atoms with van der Waals surface area (Å²) in [4.78, 5) is 17.9. The second kappa shape index (κ2) is 8.75. The summed E-state index contributed by atoms with van der Waals surface area (Å²) < 4.78 is 1.89. The number of rotatable bonds is 6. The normalized spacial score (nSPS) is 22.8. The van der Waals surface area contributed by atoms with E-state index in [0.29, 0.717) is 17.6 Å². The number of carbonyl (C=O) groups is 1. The Labute approximate surface area is 162 Å². The molecule has 3 heterocycles. The van der Waals surface area contributed by atoms with Crippen LogP contribution in [0.3, 0.4) is 0 Å². The Bertz CT molecular complexity index is 624. The van der Waals surface area contributed by atoms with Crippen LogP contribution in [0.5, 0.6) is 0 Å². The number of amides is 1. The van der Waals surface area contributed by atoms with Gasteiger partial charge in [-0.2, -0.15) is 5.10 Å². The summed E-state index contributed by atoms with van der Waals surface area (Å²) >= 11 is 6.25. The van der Waals surface area contributed by atoms with Gasteiger partial charge in [0.25, 0.3) is 0 Å². The lowest BCUT2D eigenvalue weighted by Gasteiger charge is -2.38. The maximum Gasteiger partial charge on any atom is 0.227 e. The SMILES string of the molecule is Cc1nn(C[C@H](C)C(=O)N2CCCC[C@@H]2CCN2CCCC2)c(C)c1Cl. The number of hydrogen-bond donors (Lipinski definition) is 0. The first-order valence-electron chi connectivity index (χ1n) is 10.2. The van der Waals surface area contributed by atoms with E-state index in [2.05, 4.69) is 14.9 Å². The van der Waals surface area contributed by atoms with Gasteiger partial charge in [-0.25, -0.2) is 0 Å². The molecule has 2 fully saturated rings. The highest BCUT2D eigenvalue weighted by atomic mass is 35.5. The Kier molecular flexibility index (Phi) is 6.62. The molecular formula is C20H33ClN4O. The lowest BCUT2D eigenvalue weighted by atomic mass is 9.97. The highest BCUT2D eigenvalue weighted by Gasteiger charge is 2.30. The fourth-order valence-corrected chi connectivity index (χ4v) is 4.54. The third-order valence-electron chi connectivity index (χ3n) is 6.05. The molecule has 0 radical (unpaired) electrons. The van der Waals surface area contributed by atoms with Crippen LogP contribution in [0.2, 0.25) is 5.02 Å². The minimum Gasteiger partial charge on any atom is -0.339 e. The predicted molar refractivity (Wildman–Crippen MR) is 106 cm³/mol. The summed E-state index contributed by atoms with van der Waals surface area (Å²) in [6.45, 7) is 11.0. The maximum atomic E-state index is 13.2. The molecule has 0 N–H and O–H groups in total. The van der Waals surface area contributed by atoms with Gasteiger partial charge in [-0.3, -0.25) is 9.48 Å². The topological polar surface area (TPSA) is 41.4 Å². The summed E-state index contributed by atoms with van der Waals surface area (Å²) in [6, 6.07) is 0.406. The first kappa shape index (κ1) is 19.7. The van der Waals surface area contributed by atoms with Crippen molar-refractivity contribution in [3.05, 3.63) is 16.4 Å². The third kappa shape index (κ3) is 4.42. The number of halogens is 1. The number of likely N-dealkylation sites (tertiary alicyclic amines) is 2. The standard InChI is InChI=1S/C20H33ClN4O/c1-15(14-25-17(3)19(21)16(2)22-25)20(26)24-12-5-4-8-18(24)9-13-23-10-6-7-11-23/h15,18H,4-14H2,1-3H3/t15-,18+/m0/s1. The van der Waals surface area contributed by atoms with E-state index in [1.54, 1.807) is 0 Å². The summed E-state index contributed by atoms with van der Waals surface area (Å²) in [7, 11) is 0. The van der Waals surface area contributed by atoms with Crippen LogP contribution in [0, 0.1) is 19.8 Å². The molecule has 5 nitrogen and oxygen atoms in total. The number of aromatic nitrogens is 2. The van der Waals surface area contributed by atoms with Crippen molar-refractivity contribution in [2.45, 2.75) is 71.9 Å². The van der Waals surface area contributed by atoms with Crippen molar-refractivity contribution in [3.8, 4) is 0 Å². The zero-order valence-corrected chi connectivity index (χ0v) is 17.3. The van der Waals surface area contributed by atoms with E-state index in [1.807, 2.05) is 25.5 Å². The Hall–Kier alpha value is -1.07. The second-order valence-corrected chi connectivity index (χ2v) is 8.46. The largest absolute Gasteiger partial charge is 0.339 e. The van der Waals surface area contributed by atoms with E-state index in [4.69, 9.17) is 11.6 Å². The second-order valence-electron chi connectivity index (χ2n) is 8.09. The average molecular weight is 381 g/mol. The smallest absolute Gasteiger partial charge is 0.227 e. The molecule has 146 valence electrons. The molecule has 6 heteroatoms. The monoisotopic (exact) mass is 380 g/mol. The maximum absolute atomic E-state index is 13.2. The van der Waals surface area contributed by atoms with E-state index >= 15 is 0 Å². The minimum absolute atomic E-state index is 0.0727. The Balaban J connectivity index is 1.60. The van der Waals surface area contributed by atoms with Crippen LogP contribution < -0.4 is 0 Å². The minimum atomic E-state index is -0.0727. The lowest BCUT2D eigenvalue weighted by Crippen LogP contribution is -2.47. The van der Waals surface area contributed by atoms with Crippen LogP contribution in [-0.2, 0) is 11.3 Å². The molecule has 1 amide bonds. The number of hydrogen-bond acceptors (Lipinski definition) is 3. The number of aryl methyl sites for hydroxylation is 1. The zero-order valence-electron chi connectivity index (χ0n) is 16.5. The first-order valence-corrected chi connectivity index (χ1v) is 10.6. The van der Waals surface area contributed by atoms with Crippen molar-refractivity contribution in [2.24, 2.45) is 5.92 Å². The molecule has 26 heavy (non-hydrogen) atoms. The van der Waals surface area contributed by atoms with Gasteiger partial charge in [0.2, 0.25) is 5.91 Å². The first-order chi connectivity index (χ1) is 12.5. The molecule has 2 aliphatic heterocycles. The van der Waals surface area contributed by atoms with Gasteiger partial charge in [0.15, 0.2) is 0 Å². The molecule has 0 aromatic carbocycles. The van der Waals surface area contributed by atoms with Crippen molar-refractivity contribution in [1.29, 1.82) is 0 Å². The molecule has 0 saturated carbocycles. The third-order valence-corrected chi connectivity index (χ3v) is 6.60. The Morgan fingerprint density at radius 1 is 1.19 bits per heavy atom. The van der Waals surface area contributed by atoms with Gasteiger partial charge < -0.3 is 9.80 Å². The zero-order chi connectivity index (χ0) is 18.7. The molecule has 1 aromatic heterocycles. The molecule has 0 spiro atoms. The van der Waals surface area contributed by atoms with E-state index in [1.165, 1.54) is 32.4 Å². The van der Waals surface area contributed by atoms with Gasteiger partial charge in [0, 0.05) is 19.1 Å². The molecule has 2 saturated heterocycles. The highest BCUT2D eigenvalue weighted by Crippen LogP contribution is 2.25. The van der Waals surface area contributed by atoms with Crippen LogP contribution >= 0.6 is 11.6 Å². The molecular weight excluding hydrogens is 348 g/mol. The highest BCUT2D eigenvalue weighted by molar-refractivity contribution is 6.31. The summed E-state index contributed by atoms with van der Waals surface area (Å²) in [6.07, 6.45) is 7.30. The summed E-state index contributed by atoms with van der Waals surface area (Å²) in [5, 5.41) is 5.21. The molecule has 0 unspecified atom stereocenters. The van der Waals surface area contributed by atoms with Gasteiger partial charge >= 0.3 is 0 Å². The van der Waals surface area contributed by atoms with Crippen LogP contribution in [0.4, 0.5) is 0 Å². The predicted octanol–water partition coefficient (Wildman–Crippen LogP) is 3.66. The van der Waals surface area contributed by atoms with E-state index in [9.17, 15) is 4.79 Å². The van der Waals surface area contributed by atoms with Gasteiger partial charge in [-0.05, 0) is 65.5 Å². The number of piperidine rings is 1. The average Bonchev–Trinajstić information content (AvgIpc) is 3.24. The van der Waals surface area contributed by atoms with Gasteiger partial charge in [0.1, 0.15) is 0 Å². The van der Waals surface area contributed by atoms with Crippen LogP contribution in [0.15, 0.2) is 0 Å². The molecule has 3 rings (SSSR count). The van der Waals surface area contributed by atoms with Gasteiger partial charge in [0.05, 0.1) is 28.9 Å². The molecule has 0 bridgehead atoms. The van der Waals surface area contributed by atoms with E-state index in [-0.39, 0.29) is 11.8 Å². The quantitative estimate of drug-likeness (QED) is 0.756. The van der Waals surface area contributed by atoms with Crippen molar-refractivity contribution in [3.63, 3.8) is 0 Å². The fraction of sp³-hybridized carbons (Fsp3) is 0.800. The number of carbonyl (C=O) groups excluding carboxylic acids is 1. The lowest BCUT2D eigenvalue weighted by molar-refractivity contribution is -0.139. The molecule has 0 aliphatic carbocycles. The van der Waals surface area contributed by atoms with Crippen LogP contribution in [0.25, 0.3) is 0 Å². The van der Waals surface area contributed by atoms with E-state index < -0.39 is 0 Å². The van der Waals surface area contributed by atoms with Crippen molar-refractivity contribution < 1.29 is 4.79 Å². The molecule has 1 aromatic rings. The van der Waals surface area contributed by atoms with Gasteiger partial charge in [-0.1, -0.05) is 18.5 Å². The Morgan fingerprint density at radius 2 is 1.88 bits per heavy atom. The Morgan fingerprint density at radius 3 is 2.54 bits per heavy atom. The van der Waals surface area contributed by atoms with E-state index in [0.717, 1.165) is 43.7 Å². The van der Waals surface area contributed by atoms with Crippen molar-refractivity contribution in [2.75, 3.05) is 26.2 Å². The summed E-state index contributed by atoms with van der Waals surface area (Å²) in [5.41, 5.74) is 1.79. The van der Waals surface area contributed by atoms with Crippen LogP contribution in [0.1, 0.15) is 56.8 Å². The molecule has 2 aliphatic rings. The summed E-state index contributed by atoms with van der Waals surface area (Å²) in [5.74, 6) is 0.205. The number of nitrogens with zero attached hydrogens (tertiary/aromatic N) is 4. The van der Waals surface area contributed by atoms with Crippen LogP contribution in [-0.4, -0.2) is 57.7 Å². The van der Waals surface area contributed by atoms with Crippen molar-refractivity contribution >= 4 is 17.5 Å². The van der Waals surface area contributed by atoms with Crippen molar-refractivity contribution in [1.82, 2.24) is 19.6 Å². The fourth-order valence-electron chi connectivity index (χ4n) is 4.40.